The number of hydrazine groups is 1. The van der Waals surface area contributed by atoms with Crippen LogP contribution in [0.4, 0.5) is 0 Å². The molecule has 3 N–H and O–H groups in total. The predicted octanol–water partition coefficient (Wildman–Crippen LogP) is 1.47. The zero-order chi connectivity index (χ0) is 6.69. The SMILES string of the molecule is NNCc1cc(Br)cs1. The van der Waals surface area contributed by atoms with Crippen molar-refractivity contribution in [2.24, 2.45) is 5.84 Å². The summed E-state index contributed by atoms with van der Waals surface area (Å²) in [6.07, 6.45) is 0. The summed E-state index contributed by atoms with van der Waals surface area (Å²) in [5.74, 6) is 5.11. The molecule has 1 aromatic rings. The van der Waals surface area contributed by atoms with Crippen molar-refractivity contribution in [2.75, 3.05) is 0 Å². The van der Waals surface area contributed by atoms with Crippen molar-refractivity contribution in [2.45, 2.75) is 6.54 Å². The number of hydrogen-bond acceptors (Lipinski definition) is 3. The van der Waals surface area contributed by atoms with Gasteiger partial charge in [-0.3, -0.25) is 11.3 Å². The van der Waals surface area contributed by atoms with E-state index in [1.54, 1.807) is 11.3 Å². The summed E-state index contributed by atoms with van der Waals surface area (Å²) < 4.78 is 1.12. The Morgan fingerprint density at radius 3 is 3.00 bits per heavy atom. The predicted molar refractivity (Wildman–Crippen MR) is 43.0 cm³/mol. The lowest BCUT2D eigenvalue weighted by molar-refractivity contribution is 0.751. The third kappa shape index (κ3) is 2.06. The van der Waals surface area contributed by atoms with Crippen molar-refractivity contribution in [1.29, 1.82) is 0 Å². The molecular formula is C5H7BrN2S. The monoisotopic (exact) mass is 206 g/mol. The Kier molecular flexibility index (Phi) is 2.65. The van der Waals surface area contributed by atoms with E-state index in [0.717, 1.165) is 11.0 Å². The van der Waals surface area contributed by atoms with Crippen LogP contribution in [-0.4, -0.2) is 0 Å². The lowest BCUT2D eigenvalue weighted by atomic mass is 10.5. The summed E-state index contributed by atoms with van der Waals surface area (Å²) in [5, 5.41) is 2.03. The van der Waals surface area contributed by atoms with Crippen molar-refractivity contribution >= 4 is 27.3 Å². The lowest BCUT2D eigenvalue weighted by Crippen LogP contribution is -2.19. The maximum atomic E-state index is 5.11. The fraction of sp³-hybridized carbons (Fsp3) is 0.200. The molecule has 0 unspecified atom stereocenters. The van der Waals surface area contributed by atoms with E-state index in [1.165, 1.54) is 4.88 Å². The topological polar surface area (TPSA) is 38.0 Å². The first-order valence-corrected chi connectivity index (χ1v) is 4.16. The summed E-state index contributed by atoms with van der Waals surface area (Å²) in [5.41, 5.74) is 2.59. The molecule has 0 spiro atoms. The van der Waals surface area contributed by atoms with Gasteiger partial charge in [-0.15, -0.1) is 11.3 Å². The van der Waals surface area contributed by atoms with E-state index < -0.39 is 0 Å². The molecule has 4 heteroatoms. The molecule has 0 radical (unpaired) electrons. The van der Waals surface area contributed by atoms with E-state index in [2.05, 4.69) is 21.4 Å². The molecule has 9 heavy (non-hydrogen) atoms. The molecule has 2 nitrogen and oxygen atoms in total. The highest BCUT2D eigenvalue weighted by molar-refractivity contribution is 9.10. The average molecular weight is 207 g/mol. The van der Waals surface area contributed by atoms with Crippen molar-refractivity contribution in [3.63, 3.8) is 0 Å². The van der Waals surface area contributed by atoms with Gasteiger partial charge in [0.25, 0.3) is 0 Å². The van der Waals surface area contributed by atoms with Crippen molar-refractivity contribution < 1.29 is 0 Å². The molecule has 50 valence electrons. The third-order valence-corrected chi connectivity index (χ3v) is 2.60. The smallest absolute Gasteiger partial charge is 0.0443 e. The van der Waals surface area contributed by atoms with Gasteiger partial charge >= 0.3 is 0 Å². The Bertz CT molecular complexity index is 187. The lowest BCUT2D eigenvalue weighted by Gasteiger charge is -1.89. The van der Waals surface area contributed by atoms with Gasteiger partial charge in [-0.2, -0.15) is 0 Å². The molecule has 0 fully saturated rings. The van der Waals surface area contributed by atoms with Gasteiger partial charge in [0.2, 0.25) is 0 Å². The van der Waals surface area contributed by atoms with E-state index in [-0.39, 0.29) is 0 Å². The second kappa shape index (κ2) is 3.31. The quantitative estimate of drug-likeness (QED) is 0.569. The fourth-order valence-corrected chi connectivity index (χ4v) is 1.95. The summed E-state index contributed by atoms with van der Waals surface area (Å²) in [4.78, 5) is 1.24. The maximum absolute atomic E-state index is 5.11. The minimum atomic E-state index is 0.746. The van der Waals surface area contributed by atoms with Crippen LogP contribution >= 0.6 is 27.3 Å². The molecule has 0 aromatic carbocycles. The molecule has 0 aliphatic heterocycles. The van der Waals surface area contributed by atoms with Crippen LogP contribution in [0.5, 0.6) is 0 Å². The number of halogens is 1. The molecule has 0 aliphatic carbocycles. The normalized spacial score (nSPS) is 10.0. The fourth-order valence-electron chi connectivity index (χ4n) is 0.547. The summed E-state index contributed by atoms with van der Waals surface area (Å²) in [7, 11) is 0. The zero-order valence-corrected chi connectivity index (χ0v) is 7.13. The Labute approximate surface area is 66.2 Å². The minimum Gasteiger partial charge on any atom is -0.271 e. The Morgan fingerprint density at radius 2 is 2.56 bits per heavy atom. The van der Waals surface area contributed by atoms with Crippen LogP contribution < -0.4 is 11.3 Å². The summed E-state index contributed by atoms with van der Waals surface area (Å²) in [6, 6.07) is 2.05. The van der Waals surface area contributed by atoms with Crippen LogP contribution in [0.25, 0.3) is 0 Å². The highest BCUT2D eigenvalue weighted by Crippen LogP contribution is 2.18. The largest absolute Gasteiger partial charge is 0.271 e. The highest BCUT2D eigenvalue weighted by Gasteiger charge is 1.93. The van der Waals surface area contributed by atoms with E-state index in [4.69, 9.17) is 5.84 Å². The maximum Gasteiger partial charge on any atom is 0.0443 e. The van der Waals surface area contributed by atoms with Crippen LogP contribution in [0, 0.1) is 0 Å². The van der Waals surface area contributed by atoms with Crippen molar-refractivity contribution in [3.05, 3.63) is 20.8 Å². The van der Waals surface area contributed by atoms with Gasteiger partial charge in [0, 0.05) is 21.3 Å². The van der Waals surface area contributed by atoms with E-state index >= 15 is 0 Å². The number of nitrogens with two attached hydrogens (primary N) is 1. The molecule has 1 aromatic heterocycles. The average Bonchev–Trinajstić information content (AvgIpc) is 2.17. The van der Waals surface area contributed by atoms with Crippen LogP contribution in [0.1, 0.15) is 4.88 Å². The van der Waals surface area contributed by atoms with Gasteiger partial charge in [-0.1, -0.05) is 0 Å². The van der Waals surface area contributed by atoms with Crippen LogP contribution in [0.2, 0.25) is 0 Å². The first-order chi connectivity index (χ1) is 4.33. The Balaban J connectivity index is 2.61. The van der Waals surface area contributed by atoms with Gasteiger partial charge in [-0.25, -0.2) is 0 Å². The summed E-state index contributed by atoms with van der Waals surface area (Å²) >= 11 is 5.03. The van der Waals surface area contributed by atoms with Crippen LogP contribution in [-0.2, 0) is 6.54 Å². The molecule has 0 amide bonds. The number of rotatable bonds is 2. The highest BCUT2D eigenvalue weighted by atomic mass is 79.9. The van der Waals surface area contributed by atoms with E-state index in [0.29, 0.717) is 0 Å². The van der Waals surface area contributed by atoms with Gasteiger partial charge in [0.15, 0.2) is 0 Å². The molecule has 0 atom stereocenters. The first-order valence-electron chi connectivity index (χ1n) is 2.49. The molecular weight excluding hydrogens is 200 g/mol. The molecule has 1 heterocycles. The van der Waals surface area contributed by atoms with Crippen LogP contribution in [0.15, 0.2) is 15.9 Å². The zero-order valence-electron chi connectivity index (χ0n) is 4.73. The molecule has 0 saturated heterocycles. The van der Waals surface area contributed by atoms with E-state index in [1.807, 2.05) is 11.4 Å². The second-order valence-electron chi connectivity index (χ2n) is 1.61. The number of hydrogen-bond donors (Lipinski definition) is 2. The first kappa shape index (κ1) is 7.21. The van der Waals surface area contributed by atoms with Gasteiger partial charge < -0.3 is 0 Å². The molecule has 0 aliphatic rings. The standard InChI is InChI=1S/C5H7BrN2S/c6-4-1-5(2-8-7)9-3-4/h1,3,8H,2,7H2. The van der Waals surface area contributed by atoms with Crippen LogP contribution in [0.3, 0.4) is 0 Å². The number of thiophene rings is 1. The minimum absolute atomic E-state index is 0.746. The van der Waals surface area contributed by atoms with Gasteiger partial charge in [0.1, 0.15) is 0 Å². The molecule has 0 bridgehead atoms. The molecule has 1 rings (SSSR count). The van der Waals surface area contributed by atoms with E-state index in [9.17, 15) is 0 Å². The Hall–Kier alpha value is 0.1000. The molecule has 0 saturated carbocycles. The van der Waals surface area contributed by atoms with Crippen molar-refractivity contribution in [3.8, 4) is 0 Å². The summed E-state index contributed by atoms with van der Waals surface area (Å²) in [6.45, 7) is 0.746. The Morgan fingerprint density at radius 1 is 1.78 bits per heavy atom. The van der Waals surface area contributed by atoms with Gasteiger partial charge in [-0.05, 0) is 22.0 Å². The van der Waals surface area contributed by atoms with Gasteiger partial charge in [0.05, 0.1) is 0 Å². The van der Waals surface area contributed by atoms with Crippen molar-refractivity contribution in [1.82, 2.24) is 5.43 Å². The third-order valence-electron chi connectivity index (χ3n) is 0.898. The number of nitrogens with one attached hydrogen (secondary N) is 1. The second-order valence-corrected chi connectivity index (χ2v) is 3.52.